The molecule has 0 spiro atoms. The molecular formula is C26H27FN4O2. The first-order chi connectivity index (χ1) is 16.0. The second kappa shape index (κ2) is 10.3. The van der Waals surface area contributed by atoms with Gasteiger partial charge in [-0.1, -0.05) is 30.3 Å². The summed E-state index contributed by atoms with van der Waals surface area (Å²) in [6, 6.07) is 15.4. The Balaban J connectivity index is 1.46. The molecule has 2 heterocycles. The summed E-state index contributed by atoms with van der Waals surface area (Å²) in [4.78, 5) is 36.6. The molecule has 170 valence electrons. The largest absolute Gasteiger partial charge is 0.332 e. The Morgan fingerprint density at radius 3 is 2.58 bits per heavy atom. The smallest absolute Gasteiger partial charge is 0.259 e. The maximum absolute atomic E-state index is 13.1. The van der Waals surface area contributed by atoms with Crippen LogP contribution in [0.5, 0.6) is 0 Å². The number of nitrogens with one attached hydrogen (secondary N) is 1. The number of benzene rings is 2. The van der Waals surface area contributed by atoms with Crippen LogP contribution < -0.4 is 5.32 Å². The Kier molecular flexibility index (Phi) is 7.07. The van der Waals surface area contributed by atoms with Gasteiger partial charge in [-0.25, -0.2) is 14.4 Å². The van der Waals surface area contributed by atoms with Crippen LogP contribution in [-0.4, -0.2) is 33.2 Å². The third-order valence-electron chi connectivity index (χ3n) is 5.94. The molecule has 3 aromatic rings. The number of piperidine rings is 1. The van der Waals surface area contributed by atoms with E-state index in [2.05, 4.69) is 15.3 Å². The van der Waals surface area contributed by atoms with Gasteiger partial charge in [0.05, 0.1) is 17.3 Å². The van der Waals surface area contributed by atoms with E-state index in [1.54, 1.807) is 6.92 Å². The summed E-state index contributed by atoms with van der Waals surface area (Å²) in [7, 11) is 0. The predicted molar refractivity (Wildman–Crippen MR) is 124 cm³/mol. The van der Waals surface area contributed by atoms with E-state index in [0.717, 1.165) is 24.8 Å². The van der Waals surface area contributed by atoms with Crippen molar-refractivity contribution in [3.63, 3.8) is 0 Å². The minimum atomic E-state index is -0.368. The fourth-order valence-electron chi connectivity index (χ4n) is 4.14. The van der Waals surface area contributed by atoms with Crippen LogP contribution in [0.2, 0.25) is 0 Å². The van der Waals surface area contributed by atoms with Crippen LogP contribution >= 0.6 is 0 Å². The zero-order valence-corrected chi connectivity index (χ0v) is 18.6. The normalized spacial score (nSPS) is 15.8. The molecule has 1 aliphatic rings. The van der Waals surface area contributed by atoms with Gasteiger partial charge in [0.1, 0.15) is 5.82 Å². The second-order valence-electron chi connectivity index (χ2n) is 8.27. The number of hydrogen-bond donors (Lipinski definition) is 1. The molecule has 2 amide bonds. The first kappa shape index (κ1) is 22.6. The Morgan fingerprint density at radius 2 is 1.85 bits per heavy atom. The first-order valence-electron chi connectivity index (χ1n) is 11.2. The Bertz CT molecular complexity index is 1120. The summed E-state index contributed by atoms with van der Waals surface area (Å²) in [5.74, 6) is -0.0566. The summed E-state index contributed by atoms with van der Waals surface area (Å²) in [5.41, 5.74) is 2.53. The number of anilines is 1. The van der Waals surface area contributed by atoms with Gasteiger partial charge in [0, 0.05) is 24.8 Å². The third kappa shape index (κ3) is 5.61. The molecule has 1 atom stereocenters. The van der Waals surface area contributed by atoms with E-state index in [1.165, 1.54) is 30.5 Å². The zero-order valence-electron chi connectivity index (χ0n) is 18.6. The van der Waals surface area contributed by atoms with Gasteiger partial charge in [0.25, 0.3) is 5.91 Å². The molecule has 0 saturated carbocycles. The van der Waals surface area contributed by atoms with Gasteiger partial charge in [-0.15, -0.1) is 0 Å². The molecule has 1 aromatic heterocycles. The quantitative estimate of drug-likeness (QED) is 0.587. The molecule has 1 fully saturated rings. The molecule has 2 aromatic carbocycles. The van der Waals surface area contributed by atoms with Crippen LogP contribution in [0.1, 0.15) is 59.2 Å². The minimum absolute atomic E-state index is 0.0999. The van der Waals surface area contributed by atoms with Crippen molar-refractivity contribution in [3.05, 3.63) is 89.3 Å². The summed E-state index contributed by atoms with van der Waals surface area (Å²) in [6.45, 7) is 2.45. The standard InChI is InChI=1S/C26H27FN4O2/c1-18-22(26(33)30-21-13-11-20(27)12-14-21)17-28-25(29-18)23-9-5-6-16-31(23)24(32)15-10-19-7-3-2-4-8-19/h2-4,7-8,11-14,17,23H,5-6,9-10,15-16H2,1H3,(H,30,33)/t23-/m1/s1. The van der Waals surface area contributed by atoms with Gasteiger partial charge in [-0.3, -0.25) is 9.59 Å². The highest BCUT2D eigenvalue weighted by Crippen LogP contribution is 2.30. The fraction of sp³-hybridized carbons (Fsp3) is 0.308. The Labute approximate surface area is 192 Å². The lowest BCUT2D eigenvalue weighted by molar-refractivity contribution is -0.135. The molecule has 1 N–H and O–H groups in total. The monoisotopic (exact) mass is 446 g/mol. The summed E-state index contributed by atoms with van der Waals surface area (Å²) in [6.07, 6.45) is 5.42. The Morgan fingerprint density at radius 1 is 1.09 bits per heavy atom. The lowest BCUT2D eigenvalue weighted by Gasteiger charge is -2.35. The molecule has 6 nitrogen and oxygen atoms in total. The van der Waals surface area contributed by atoms with Crippen molar-refractivity contribution in [2.45, 2.75) is 45.1 Å². The summed E-state index contributed by atoms with van der Waals surface area (Å²) in [5, 5.41) is 2.73. The van der Waals surface area contributed by atoms with Gasteiger partial charge in [-0.05, 0) is 62.4 Å². The molecule has 1 aliphatic heterocycles. The van der Waals surface area contributed by atoms with Crippen LogP contribution in [0.3, 0.4) is 0 Å². The zero-order chi connectivity index (χ0) is 23.2. The molecule has 0 aliphatic carbocycles. The number of amides is 2. The number of aryl methyl sites for hydroxylation is 2. The number of rotatable bonds is 6. The minimum Gasteiger partial charge on any atom is -0.332 e. The maximum Gasteiger partial charge on any atom is 0.259 e. The predicted octanol–water partition coefficient (Wildman–Crippen LogP) is 4.86. The van der Waals surface area contributed by atoms with Crippen LogP contribution in [0.25, 0.3) is 0 Å². The Hall–Kier alpha value is -3.61. The molecular weight excluding hydrogens is 419 g/mol. The number of carbonyl (C=O) groups is 2. The number of likely N-dealkylation sites (tertiary alicyclic amines) is 1. The SMILES string of the molecule is Cc1nc([C@H]2CCCCN2C(=O)CCc2ccccc2)ncc1C(=O)Nc1ccc(F)cc1. The van der Waals surface area contributed by atoms with Crippen molar-refractivity contribution in [1.29, 1.82) is 0 Å². The van der Waals surface area contributed by atoms with Gasteiger partial charge >= 0.3 is 0 Å². The van der Waals surface area contributed by atoms with Crippen molar-refractivity contribution in [3.8, 4) is 0 Å². The molecule has 0 unspecified atom stereocenters. The van der Waals surface area contributed by atoms with E-state index < -0.39 is 0 Å². The van der Waals surface area contributed by atoms with E-state index >= 15 is 0 Å². The van der Waals surface area contributed by atoms with Crippen LogP contribution in [0, 0.1) is 12.7 Å². The molecule has 0 bridgehead atoms. The van der Waals surface area contributed by atoms with Gasteiger partial charge in [0.15, 0.2) is 5.82 Å². The number of aromatic nitrogens is 2. The van der Waals surface area contributed by atoms with Crippen molar-refractivity contribution >= 4 is 17.5 Å². The highest BCUT2D eigenvalue weighted by molar-refractivity contribution is 6.04. The van der Waals surface area contributed by atoms with Crippen molar-refractivity contribution < 1.29 is 14.0 Å². The van der Waals surface area contributed by atoms with Gasteiger partial charge < -0.3 is 10.2 Å². The molecule has 33 heavy (non-hydrogen) atoms. The van der Waals surface area contributed by atoms with Crippen molar-refractivity contribution in [2.75, 3.05) is 11.9 Å². The maximum atomic E-state index is 13.1. The number of nitrogens with zero attached hydrogens (tertiary/aromatic N) is 3. The average molecular weight is 447 g/mol. The van der Waals surface area contributed by atoms with Gasteiger partial charge in [-0.2, -0.15) is 0 Å². The highest BCUT2D eigenvalue weighted by atomic mass is 19.1. The number of hydrogen-bond acceptors (Lipinski definition) is 4. The summed E-state index contributed by atoms with van der Waals surface area (Å²) < 4.78 is 13.1. The van der Waals surface area contributed by atoms with E-state index in [4.69, 9.17) is 0 Å². The van der Waals surface area contributed by atoms with Crippen molar-refractivity contribution in [2.24, 2.45) is 0 Å². The fourth-order valence-corrected chi connectivity index (χ4v) is 4.14. The summed E-state index contributed by atoms with van der Waals surface area (Å²) >= 11 is 0. The number of carbonyl (C=O) groups excluding carboxylic acids is 2. The van der Waals surface area contributed by atoms with E-state index in [-0.39, 0.29) is 23.7 Å². The molecule has 0 radical (unpaired) electrons. The van der Waals surface area contributed by atoms with Gasteiger partial charge in [0.2, 0.25) is 5.91 Å². The van der Waals surface area contributed by atoms with E-state index in [9.17, 15) is 14.0 Å². The molecule has 4 rings (SSSR count). The van der Waals surface area contributed by atoms with E-state index in [0.29, 0.717) is 42.2 Å². The van der Waals surface area contributed by atoms with Crippen molar-refractivity contribution in [1.82, 2.24) is 14.9 Å². The lowest BCUT2D eigenvalue weighted by atomic mass is 9.99. The van der Waals surface area contributed by atoms with Crippen LogP contribution in [-0.2, 0) is 11.2 Å². The molecule has 1 saturated heterocycles. The topological polar surface area (TPSA) is 75.2 Å². The molecule has 7 heteroatoms. The van der Waals surface area contributed by atoms with Crippen LogP contribution in [0.4, 0.5) is 10.1 Å². The number of halogens is 1. The second-order valence-corrected chi connectivity index (χ2v) is 8.27. The third-order valence-corrected chi connectivity index (χ3v) is 5.94. The first-order valence-corrected chi connectivity index (χ1v) is 11.2. The van der Waals surface area contributed by atoms with E-state index in [1.807, 2.05) is 35.2 Å². The average Bonchev–Trinajstić information content (AvgIpc) is 2.84. The van der Waals surface area contributed by atoms with Crippen LogP contribution in [0.15, 0.2) is 60.8 Å². The highest BCUT2D eigenvalue weighted by Gasteiger charge is 2.30. The lowest BCUT2D eigenvalue weighted by Crippen LogP contribution is -2.39.